The lowest BCUT2D eigenvalue weighted by Gasteiger charge is -2.60. The third kappa shape index (κ3) is 17.2. The van der Waals surface area contributed by atoms with Gasteiger partial charge >= 0.3 is 11.9 Å². The molecule has 0 radical (unpaired) electrons. The number of aliphatic hydroxyl groups is 4. The van der Waals surface area contributed by atoms with Gasteiger partial charge in [0.1, 0.15) is 42.1 Å². The first-order valence-corrected chi connectivity index (χ1v) is 36.0. The molecule has 4 heterocycles. The first-order valence-electron chi connectivity index (χ1n) is 36.0. The van der Waals surface area contributed by atoms with Crippen molar-refractivity contribution in [1.29, 1.82) is 0 Å². The normalized spacial score (nSPS) is 40.4. The number of fused-ring (bicyclic) bond motifs is 8. The van der Waals surface area contributed by atoms with Crippen LogP contribution in [0.4, 0.5) is 0 Å². The lowest BCUT2D eigenvalue weighted by Crippen LogP contribution is -2.62. The van der Waals surface area contributed by atoms with E-state index in [1.54, 1.807) is 64.2 Å². The van der Waals surface area contributed by atoms with E-state index in [1.807, 2.05) is 71.1 Å². The van der Waals surface area contributed by atoms with Gasteiger partial charge in [-0.05, 0) is 173 Å². The summed E-state index contributed by atoms with van der Waals surface area (Å²) in [5.74, 6) is -8.63. The van der Waals surface area contributed by atoms with E-state index in [4.69, 9.17) is 28.4 Å². The largest absolute Gasteiger partial charge is 0.460 e. The smallest absolute Gasteiger partial charge is 0.329 e. The van der Waals surface area contributed by atoms with Crippen molar-refractivity contribution < 1.29 is 87.2 Å². The topological polar surface area (TPSA) is 320 Å². The fourth-order valence-corrected chi connectivity index (χ4v) is 18.2. The molecule has 99 heavy (non-hydrogen) atoms. The van der Waals surface area contributed by atoms with E-state index >= 15 is 0 Å². The summed E-state index contributed by atoms with van der Waals surface area (Å²) in [5.41, 5.74) is -0.446. The van der Waals surface area contributed by atoms with Crippen LogP contribution in [0.5, 0.6) is 0 Å². The van der Waals surface area contributed by atoms with Crippen molar-refractivity contribution in [2.45, 2.75) is 245 Å². The molecular formula is C76H111N5O18. The molecule has 4 N–H and O–H groups in total. The predicted molar refractivity (Wildman–Crippen MR) is 365 cm³/mol. The molecule has 4 saturated carbocycles. The highest BCUT2D eigenvalue weighted by Crippen LogP contribution is 2.68. The van der Waals surface area contributed by atoms with Gasteiger partial charge in [-0.1, -0.05) is 103 Å². The summed E-state index contributed by atoms with van der Waals surface area (Å²) >= 11 is 0. The molecule has 2 saturated heterocycles. The van der Waals surface area contributed by atoms with Gasteiger partial charge in [0.05, 0.1) is 30.5 Å². The molecule has 2 bridgehead atoms. The van der Waals surface area contributed by atoms with E-state index in [1.165, 1.54) is 18.9 Å². The molecule has 8 aliphatic rings. The first-order chi connectivity index (χ1) is 46.8. The molecule has 1 aromatic heterocycles. The summed E-state index contributed by atoms with van der Waals surface area (Å²) in [6.45, 7) is 19.7. The van der Waals surface area contributed by atoms with Crippen LogP contribution in [0, 0.1) is 70.0 Å². The Morgan fingerprint density at radius 1 is 0.838 bits per heavy atom. The van der Waals surface area contributed by atoms with E-state index in [2.05, 4.69) is 29.4 Å². The van der Waals surface area contributed by atoms with Crippen LogP contribution >= 0.6 is 0 Å². The third-order valence-electron chi connectivity index (χ3n) is 24.0. The number of rotatable bonds is 10. The van der Waals surface area contributed by atoms with Crippen molar-refractivity contribution in [3.8, 4) is 0 Å². The number of cyclic esters (lactones) is 1. The van der Waals surface area contributed by atoms with E-state index < -0.39 is 119 Å². The van der Waals surface area contributed by atoms with Crippen molar-refractivity contribution in [3.63, 3.8) is 0 Å². The van der Waals surface area contributed by atoms with Crippen LogP contribution in [0.3, 0.4) is 0 Å². The zero-order chi connectivity index (χ0) is 72.6. The number of hydrogen-bond acceptors (Lipinski definition) is 21. The highest BCUT2D eigenvalue weighted by atomic mass is 16.6. The average molecular weight is 1380 g/mol. The summed E-state index contributed by atoms with van der Waals surface area (Å²) in [6, 6.07) is -1.19. The van der Waals surface area contributed by atoms with Crippen LogP contribution in [0.15, 0.2) is 77.7 Å². The SMILES string of the molecule is CC(=O)OCC(=O)[C@@]1(O)CC[C@H]2[C@@H]3C[C@H](C)C4=CC(=O)C=C[C@]4(C)[C@H]3[C@@H](O)C[C@@]21C.CO[C@H]1C[C@@H]2CC[C@@H](C)[C@@](O)(O2)C(=O)C(=O)N2CCCC[C@H]2C(=O)O[C@H]([C@H](C)C[C@@H]2CC[C@H](n3cnnn3)[C@H](OC)C2)CC(=O)[C@H](C)/C=C(\C)[C@@H](O)[C@@H](OC)C(=O)[C@H](C)C[C@H](C)/C=C/C=CC=C1C. The average Bonchev–Trinajstić information content (AvgIpc) is 1.63. The molecule has 1 aromatic rings. The summed E-state index contributed by atoms with van der Waals surface area (Å²) < 4.78 is 36.5. The van der Waals surface area contributed by atoms with Gasteiger partial charge in [0.2, 0.25) is 11.6 Å². The fraction of sp³-hybridized carbons (Fsp3) is 0.724. The minimum absolute atomic E-state index is 0.00535. The number of methoxy groups -OCH3 is 3. The quantitative estimate of drug-likeness (QED) is 0.0970. The van der Waals surface area contributed by atoms with Gasteiger partial charge in [-0.2, -0.15) is 0 Å². The highest BCUT2D eigenvalue weighted by molar-refractivity contribution is 6.39. The van der Waals surface area contributed by atoms with Crippen molar-refractivity contribution in [2.24, 2.45) is 70.0 Å². The van der Waals surface area contributed by atoms with Crippen LogP contribution in [-0.2, 0) is 66.8 Å². The van der Waals surface area contributed by atoms with Crippen LogP contribution in [0.2, 0.25) is 0 Å². The van der Waals surface area contributed by atoms with E-state index in [0.29, 0.717) is 76.2 Å². The molecule has 3 aliphatic heterocycles. The van der Waals surface area contributed by atoms with Crippen LogP contribution in [0.1, 0.15) is 185 Å². The number of allylic oxidation sites excluding steroid dienone is 10. The Kier molecular flexibility index (Phi) is 26.5. The number of carbonyl (C=O) groups is 8. The molecule has 23 heteroatoms. The van der Waals surface area contributed by atoms with Crippen molar-refractivity contribution >= 4 is 46.8 Å². The number of aromatic nitrogens is 4. The van der Waals surface area contributed by atoms with Crippen molar-refractivity contribution in [1.82, 2.24) is 25.1 Å². The van der Waals surface area contributed by atoms with Gasteiger partial charge in [0.25, 0.3) is 11.7 Å². The molecule has 0 unspecified atom stereocenters. The van der Waals surface area contributed by atoms with Gasteiger partial charge in [-0.25, -0.2) is 9.48 Å². The number of Topliss-reactive ketones (excluding diaryl/α,β-unsaturated/α-hetero) is 4. The van der Waals surface area contributed by atoms with E-state index in [0.717, 1.165) is 30.4 Å². The second kappa shape index (κ2) is 33.4. The molecule has 1 amide bonds. The Morgan fingerprint density at radius 3 is 2.25 bits per heavy atom. The minimum Gasteiger partial charge on any atom is -0.460 e. The molecule has 0 spiro atoms. The molecule has 9 rings (SSSR count). The standard InChI is InChI=1S/C52H79N5O12.C24H32O6/c1-31-16-12-11-13-17-32(2)43(65-8)28-39-21-19-37(7)52(64,69-39)49(61)50(62)56-23-15-14-18-41(56)51(63)68-44(34(4)26-38-20-22-40(45(27-38)66-9)57-30-53-54-55-57)29-42(58)33(3)25-36(6)47(60)48(67-10)46(59)35(5)24-31;1-13-9-16-17-6-8-24(29,20(28)12-30-14(2)25)23(17,4)11-19(27)21(16)22(3)7-5-15(26)10-18(13)22/h11-13,16-17,25,30-31,33-35,37-41,43-45,47-48,60,64H,14-15,18-24,26-29H2,1-10H3;5,7,10,13,16-17,19,21,27,29H,6,8-9,11-12H2,1-4H3/b13-11?,16-12+,32-17?,36-25+;/t31-,33-,34-,35-,37-,38+,39+,40+,41+,43+,44+,45-,47-,48+,52-;13-,16-,17-,19-,21+,22-,23-,24-/m10/s1. The molecule has 0 aromatic carbocycles. The van der Waals surface area contributed by atoms with Crippen LogP contribution in [-0.4, -0.2) is 187 Å². The molecule has 548 valence electrons. The van der Waals surface area contributed by atoms with Gasteiger partial charge in [0, 0.05) is 82.1 Å². The maximum Gasteiger partial charge on any atom is 0.329 e. The number of piperidine rings is 1. The summed E-state index contributed by atoms with van der Waals surface area (Å²) in [6.07, 6.45) is 20.6. The summed E-state index contributed by atoms with van der Waals surface area (Å²) in [5, 5.41) is 58.1. The van der Waals surface area contributed by atoms with E-state index in [9.17, 15) is 58.8 Å². The second-order valence-electron chi connectivity index (χ2n) is 30.7. The Morgan fingerprint density at radius 2 is 1.58 bits per heavy atom. The van der Waals surface area contributed by atoms with Gasteiger partial charge in [-0.3, -0.25) is 33.6 Å². The molecule has 6 fully saturated rings. The Bertz CT molecular complexity index is 3270. The van der Waals surface area contributed by atoms with Crippen molar-refractivity contribution in [3.05, 3.63) is 77.7 Å². The maximum atomic E-state index is 14.5. The molecule has 23 atom stereocenters. The lowest BCUT2D eigenvalue weighted by molar-refractivity contribution is -0.265. The van der Waals surface area contributed by atoms with E-state index in [-0.39, 0.29) is 90.3 Å². The van der Waals surface area contributed by atoms with Crippen LogP contribution < -0.4 is 0 Å². The van der Waals surface area contributed by atoms with Gasteiger partial charge in [0.15, 0.2) is 18.2 Å². The lowest BCUT2D eigenvalue weighted by atomic mass is 9.45. The zero-order valence-corrected chi connectivity index (χ0v) is 60.7. The number of ether oxygens (including phenoxy) is 6. The molecule has 23 nitrogen and oxygen atoms in total. The first kappa shape index (κ1) is 78.7. The third-order valence-corrected chi connectivity index (χ3v) is 24.0. The monoisotopic (exact) mass is 1380 g/mol. The number of ketones is 5. The molecular weight excluding hydrogens is 1270 g/mol. The fourth-order valence-electron chi connectivity index (χ4n) is 18.2. The number of amides is 1. The molecule has 5 aliphatic carbocycles. The van der Waals surface area contributed by atoms with Crippen molar-refractivity contribution in [2.75, 3.05) is 34.5 Å². The maximum absolute atomic E-state index is 14.5. The number of hydrogen-bond donors (Lipinski definition) is 4. The Balaban J connectivity index is 0.000000343. The number of tetrazole rings is 1. The Labute approximate surface area is 584 Å². The Hall–Kier alpha value is -6.05. The predicted octanol–water partition coefficient (Wildman–Crippen LogP) is 8.42. The number of nitrogens with zero attached hydrogens (tertiary/aromatic N) is 5. The van der Waals surface area contributed by atoms with Gasteiger partial charge in [-0.15, -0.1) is 5.10 Å². The number of aliphatic hydroxyl groups excluding tert-OH is 2. The second-order valence-corrected chi connectivity index (χ2v) is 30.7. The summed E-state index contributed by atoms with van der Waals surface area (Å²) in [7, 11) is 4.62. The minimum atomic E-state index is -2.43. The number of esters is 2. The highest BCUT2D eigenvalue weighted by Gasteiger charge is 2.69. The zero-order valence-electron chi connectivity index (χ0n) is 60.7. The van der Waals surface area contributed by atoms with Crippen LogP contribution in [0.25, 0.3) is 0 Å². The summed E-state index contributed by atoms with van der Waals surface area (Å²) in [4.78, 5) is 108. The van der Waals surface area contributed by atoms with Gasteiger partial charge < -0.3 is 53.7 Å². The number of carbonyl (C=O) groups excluding carboxylic acids is 8.